The molecule has 2 aromatic rings. The number of aromatic nitrogens is 3. The van der Waals surface area contributed by atoms with Crippen LogP contribution in [0.15, 0.2) is 35.5 Å². The summed E-state index contributed by atoms with van der Waals surface area (Å²) in [5.41, 5.74) is 1.15. The van der Waals surface area contributed by atoms with Gasteiger partial charge in [0.05, 0.1) is 6.61 Å². The molecule has 2 rings (SSSR count). The van der Waals surface area contributed by atoms with Crippen molar-refractivity contribution in [2.45, 2.75) is 24.5 Å². The standard InChI is InChI=1S/C13H16ClN3O3S/c1-20-10-9-17-12(15-16-13(17)21(14,18)19)8-7-11-5-3-2-4-6-11/h2-6H,7-10H2,1H3. The fourth-order valence-corrected chi connectivity index (χ4v) is 2.93. The van der Waals surface area contributed by atoms with Crippen molar-refractivity contribution in [3.8, 4) is 0 Å². The molecule has 0 bridgehead atoms. The quantitative estimate of drug-likeness (QED) is 0.722. The van der Waals surface area contributed by atoms with Crippen LogP contribution in [0.1, 0.15) is 11.4 Å². The van der Waals surface area contributed by atoms with Crippen LogP contribution in [0, 0.1) is 0 Å². The summed E-state index contributed by atoms with van der Waals surface area (Å²) in [6.07, 6.45) is 1.32. The molecule has 0 spiro atoms. The number of nitrogens with zero attached hydrogens (tertiary/aromatic N) is 3. The Morgan fingerprint density at radius 1 is 1.19 bits per heavy atom. The van der Waals surface area contributed by atoms with Crippen molar-refractivity contribution in [2.24, 2.45) is 0 Å². The molecule has 0 aliphatic heterocycles. The second kappa shape index (κ2) is 7.02. The van der Waals surface area contributed by atoms with E-state index >= 15 is 0 Å². The lowest BCUT2D eigenvalue weighted by Gasteiger charge is -2.08. The van der Waals surface area contributed by atoms with E-state index in [4.69, 9.17) is 15.4 Å². The van der Waals surface area contributed by atoms with Crippen molar-refractivity contribution >= 4 is 19.7 Å². The predicted molar refractivity (Wildman–Crippen MR) is 78.8 cm³/mol. The molecule has 0 fully saturated rings. The van der Waals surface area contributed by atoms with Crippen LogP contribution in [0.2, 0.25) is 0 Å². The van der Waals surface area contributed by atoms with Gasteiger partial charge in [-0.05, 0) is 12.0 Å². The molecule has 0 atom stereocenters. The smallest absolute Gasteiger partial charge is 0.296 e. The topological polar surface area (TPSA) is 74.1 Å². The Bertz CT molecular complexity index is 686. The van der Waals surface area contributed by atoms with E-state index in [9.17, 15) is 8.42 Å². The van der Waals surface area contributed by atoms with Crippen LogP contribution in [0.3, 0.4) is 0 Å². The van der Waals surface area contributed by atoms with Crippen molar-refractivity contribution in [2.75, 3.05) is 13.7 Å². The molecule has 0 saturated carbocycles. The molecule has 0 saturated heterocycles. The number of aryl methyl sites for hydroxylation is 2. The van der Waals surface area contributed by atoms with Crippen LogP contribution in [-0.4, -0.2) is 36.9 Å². The fourth-order valence-electron chi connectivity index (χ4n) is 1.99. The summed E-state index contributed by atoms with van der Waals surface area (Å²) >= 11 is 0. The Morgan fingerprint density at radius 2 is 1.90 bits per heavy atom. The van der Waals surface area contributed by atoms with Crippen molar-refractivity contribution in [3.63, 3.8) is 0 Å². The summed E-state index contributed by atoms with van der Waals surface area (Å²) in [7, 11) is 3.01. The Morgan fingerprint density at radius 3 is 2.52 bits per heavy atom. The number of rotatable bonds is 7. The van der Waals surface area contributed by atoms with E-state index in [2.05, 4.69) is 10.2 Å². The minimum Gasteiger partial charge on any atom is -0.383 e. The van der Waals surface area contributed by atoms with E-state index in [0.717, 1.165) is 12.0 Å². The molecule has 114 valence electrons. The zero-order valence-electron chi connectivity index (χ0n) is 11.6. The van der Waals surface area contributed by atoms with Gasteiger partial charge >= 0.3 is 0 Å². The first kappa shape index (κ1) is 15.9. The van der Waals surface area contributed by atoms with E-state index < -0.39 is 9.05 Å². The molecule has 0 unspecified atom stereocenters. The summed E-state index contributed by atoms with van der Waals surface area (Å²) < 4.78 is 29.5. The molecule has 1 aromatic heterocycles. The Labute approximate surface area is 128 Å². The summed E-state index contributed by atoms with van der Waals surface area (Å²) in [6, 6.07) is 9.88. The third-order valence-corrected chi connectivity index (χ3v) is 4.16. The second-order valence-corrected chi connectivity index (χ2v) is 6.93. The largest absolute Gasteiger partial charge is 0.383 e. The molecule has 0 aliphatic rings. The van der Waals surface area contributed by atoms with Gasteiger partial charge in [-0.15, -0.1) is 10.2 Å². The lowest BCUT2D eigenvalue weighted by Crippen LogP contribution is -2.13. The van der Waals surface area contributed by atoms with Gasteiger partial charge in [0.1, 0.15) is 5.82 Å². The highest BCUT2D eigenvalue weighted by molar-refractivity contribution is 8.13. The highest BCUT2D eigenvalue weighted by Crippen LogP contribution is 2.15. The summed E-state index contributed by atoms with van der Waals surface area (Å²) in [5.74, 6) is 0.579. The third kappa shape index (κ3) is 4.26. The lowest BCUT2D eigenvalue weighted by atomic mass is 10.1. The highest BCUT2D eigenvalue weighted by Gasteiger charge is 2.22. The minimum absolute atomic E-state index is 0.232. The summed E-state index contributed by atoms with van der Waals surface area (Å²) in [6.45, 7) is 0.699. The Hall–Kier alpha value is -1.44. The van der Waals surface area contributed by atoms with Crippen LogP contribution in [-0.2, 0) is 33.2 Å². The first-order valence-corrected chi connectivity index (χ1v) is 8.73. The second-order valence-electron chi connectivity index (χ2n) is 4.47. The van der Waals surface area contributed by atoms with E-state index in [1.807, 2.05) is 30.3 Å². The summed E-state index contributed by atoms with van der Waals surface area (Å²) in [5, 5.41) is 7.40. The molecule has 0 amide bonds. The molecule has 1 aromatic carbocycles. The van der Waals surface area contributed by atoms with Gasteiger partial charge in [0.25, 0.3) is 14.2 Å². The van der Waals surface area contributed by atoms with Crippen molar-refractivity contribution < 1.29 is 13.2 Å². The maximum atomic E-state index is 11.5. The first-order valence-electron chi connectivity index (χ1n) is 6.42. The minimum atomic E-state index is -3.92. The zero-order chi connectivity index (χ0) is 15.3. The average Bonchev–Trinajstić information content (AvgIpc) is 2.87. The molecule has 6 nitrogen and oxygen atoms in total. The van der Waals surface area contributed by atoms with Gasteiger partial charge in [-0.1, -0.05) is 30.3 Å². The van der Waals surface area contributed by atoms with Gasteiger partial charge in [0.15, 0.2) is 0 Å². The van der Waals surface area contributed by atoms with Gasteiger partial charge in [0, 0.05) is 30.8 Å². The number of benzene rings is 1. The van der Waals surface area contributed by atoms with Crippen LogP contribution >= 0.6 is 10.7 Å². The monoisotopic (exact) mass is 329 g/mol. The van der Waals surface area contributed by atoms with E-state index in [1.54, 1.807) is 7.11 Å². The Kier molecular flexibility index (Phi) is 5.33. The lowest BCUT2D eigenvalue weighted by molar-refractivity contribution is 0.183. The van der Waals surface area contributed by atoms with E-state index in [0.29, 0.717) is 25.4 Å². The van der Waals surface area contributed by atoms with E-state index in [-0.39, 0.29) is 5.16 Å². The van der Waals surface area contributed by atoms with Crippen LogP contribution < -0.4 is 0 Å². The van der Waals surface area contributed by atoms with Gasteiger partial charge < -0.3 is 4.74 Å². The number of halogens is 1. The molecule has 21 heavy (non-hydrogen) atoms. The zero-order valence-corrected chi connectivity index (χ0v) is 13.1. The third-order valence-electron chi connectivity index (χ3n) is 3.01. The maximum Gasteiger partial charge on any atom is 0.296 e. The average molecular weight is 330 g/mol. The molecule has 8 heteroatoms. The van der Waals surface area contributed by atoms with Crippen molar-refractivity contribution in [1.29, 1.82) is 0 Å². The number of methoxy groups -OCH3 is 1. The van der Waals surface area contributed by atoms with Crippen LogP contribution in [0.25, 0.3) is 0 Å². The van der Waals surface area contributed by atoms with Gasteiger partial charge in [-0.3, -0.25) is 4.57 Å². The van der Waals surface area contributed by atoms with Gasteiger partial charge in [-0.2, -0.15) is 0 Å². The SMILES string of the molecule is COCCn1c(CCc2ccccc2)nnc1S(=O)(=O)Cl. The van der Waals surface area contributed by atoms with Crippen molar-refractivity contribution in [1.82, 2.24) is 14.8 Å². The highest BCUT2D eigenvalue weighted by atomic mass is 35.7. The van der Waals surface area contributed by atoms with Crippen LogP contribution in [0.5, 0.6) is 0 Å². The first-order chi connectivity index (χ1) is 10.0. The molecule has 0 aliphatic carbocycles. The number of hydrogen-bond donors (Lipinski definition) is 0. The van der Waals surface area contributed by atoms with Gasteiger partial charge in [0.2, 0.25) is 0 Å². The van der Waals surface area contributed by atoms with Crippen molar-refractivity contribution in [3.05, 3.63) is 41.7 Å². The Balaban J connectivity index is 2.20. The van der Waals surface area contributed by atoms with E-state index in [1.165, 1.54) is 4.57 Å². The molecule has 0 N–H and O–H groups in total. The van der Waals surface area contributed by atoms with Crippen LogP contribution in [0.4, 0.5) is 0 Å². The number of hydrogen-bond acceptors (Lipinski definition) is 5. The predicted octanol–water partition coefficient (Wildman–Crippen LogP) is 1.64. The molecular weight excluding hydrogens is 314 g/mol. The molecular formula is C13H16ClN3O3S. The summed E-state index contributed by atoms with van der Waals surface area (Å²) in [4.78, 5) is 0. The number of ether oxygens (including phenoxy) is 1. The fraction of sp³-hybridized carbons (Fsp3) is 0.385. The normalized spacial score (nSPS) is 11.7. The molecule has 1 heterocycles. The molecule has 0 radical (unpaired) electrons. The van der Waals surface area contributed by atoms with Gasteiger partial charge in [-0.25, -0.2) is 8.42 Å². The maximum absolute atomic E-state index is 11.5.